The van der Waals surface area contributed by atoms with Crippen LogP contribution in [0.5, 0.6) is 23.0 Å². The van der Waals surface area contributed by atoms with Crippen LogP contribution in [0.15, 0.2) is 60.7 Å². The van der Waals surface area contributed by atoms with Crippen LogP contribution in [-0.2, 0) is 4.79 Å². The number of hydrogen-bond donors (Lipinski definition) is 0. The Bertz CT molecular complexity index is 1330. The van der Waals surface area contributed by atoms with E-state index in [-0.39, 0.29) is 11.1 Å². The summed E-state index contributed by atoms with van der Waals surface area (Å²) in [7, 11) is 6.02. The van der Waals surface area contributed by atoms with Crippen LogP contribution >= 0.6 is 0 Å². The number of rotatable bonds is 7. The molecular weight excluding hydrogens is 464 g/mol. The van der Waals surface area contributed by atoms with Crippen molar-refractivity contribution in [2.45, 2.75) is 12.1 Å². The summed E-state index contributed by atoms with van der Waals surface area (Å²) in [6.07, 6.45) is 0. The molecule has 2 aliphatic rings. The molecule has 0 unspecified atom stereocenters. The van der Waals surface area contributed by atoms with Gasteiger partial charge in [0, 0.05) is 11.8 Å². The molecule has 5 rings (SSSR count). The maximum atomic E-state index is 13.7. The summed E-state index contributed by atoms with van der Waals surface area (Å²) in [6.45, 7) is 0. The highest BCUT2D eigenvalue weighted by molar-refractivity contribution is 6.24. The van der Waals surface area contributed by atoms with Gasteiger partial charge in [0.05, 0.1) is 45.6 Å². The number of ether oxygens (including phenoxy) is 4. The molecule has 9 heteroatoms. The van der Waals surface area contributed by atoms with Crippen molar-refractivity contribution in [2.24, 2.45) is 0 Å². The van der Waals surface area contributed by atoms with Gasteiger partial charge in [-0.3, -0.25) is 19.3 Å². The van der Waals surface area contributed by atoms with Crippen molar-refractivity contribution in [3.05, 3.63) is 77.4 Å². The van der Waals surface area contributed by atoms with E-state index >= 15 is 0 Å². The van der Waals surface area contributed by atoms with Gasteiger partial charge in [-0.15, -0.1) is 0 Å². The van der Waals surface area contributed by atoms with Crippen LogP contribution in [0.4, 0.5) is 5.69 Å². The first-order valence-electron chi connectivity index (χ1n) is 11.2. The maximum Gasteiger partial charge on any atom is 0.262 e. The number of nitrogens with zero attached hydrogens (tertiary/aromatic N) is 2. The average Bonchev–Trinajstić information content (AvgIpc) is 3.16. The molecule has 1 saturated heterocycles. The van der Waals surface area contributed by atoms with Gasteiger partial charge >= 0.3 is 0 Å². The van der Waals surface area contributed by atoms with E-state index in [0.717, 1.165) is 4.90 Å². The lowest BCUT2D eigenvalue weighted by molar-refractivity contribution is -0.130. The topological polar surface area (TPSA) is 94.6 Å². The van der Waals surface area contributed by atoms with E-state index in [0.29, 0.717) is 34.2 Å². The number of amides is 3. The Morgan fingerprint density at radius 2 is 1.25 bits per heavy atom. The number of imide groups is 1. The Kier molecular flexibility index (Phi) is 5.75. The smallest absolute Gasteiger partial charge is 0.262 e. The monoisotopic (exact) mass is 488 g/mol. The summed E-state index contributed by atoms with van der Waals surface area (Å²) < 4.78 is 21.8. The zero-order valence-corrected chi connectivity index (χ0v) is 20.2. The summed E-state index contributed by atoms with van der Waals surface area (Å²) >= 11 is 0. The quantitative estimate of drug-likeness (QED) is 0.371. The zero-order chi connectivity index (χ0) is 25.6. The summed E-state index contributed by atoms with van der Waals surface area (Å²) in [5.74, 6) is 0.327. The first-order chi connectivity index (χ1) is 17.4. The summed E-state index contributed by atoms with van der Waals surface area (Å²) in [5, 5.41) is 0. The molecule has 184 valence electrons. The normalized spacial score (nSPS) is 18.6. The van der Waals surface area contributed by atoms with Gasteiger partial charge in [0.1, 0.15) is 11.8 Å². The molecule has 36 heavy (non-hydrogen) atoms. The third-order valence-electron chi connectivity index (χ3n) is 6.53. The van der Waals surface area contributed by atoms with Crippen molar-refractivity contribution in [1.82, 2.24) is 4.90 Å². The van der Waals surface area contributed by atoms with Crippen molar-refractivity contribution in [1.29, 1.82) is 0 Å². The molecule has 1 fully saturated rings. The van der Waals surface area contributed by atoms with E-state index in [2.05, 4.69) is 0 Å². The number of β-lactam (4-membered cyclic amide) rings is 1. The molecule has 0 aromatic heterocycles. The largest absolute Gasteiger partial charge is 0.497 e. The second-order valence-corrected chi connectivity index (χ2v) is 8.28. The van der Waals surface area contributed by atoms with Gasteiger partial charge in [-0.05, 0) is 42.0 Å². The predicted molar refractivity (Wildman–Crippen MR) is 130 cm³/mol. The molecule has 0 radical (unpaired) electrons. The van der Waals surface area contributed by atoms with Gasteiger partial charge in [-0.2, -0.15) is 0 Å². The van der Waals surface area contributed by atoms with E-state index < -0.39 is 29.8 Å². The van der Waals surface area contributed by atoms with Crippen LogP contribution < -0.4 is 23.8 Å². The molecule has 3 aromatic carbocycles. The lowest BCUT2D eigenvalue weighted by atomic mass is 9.86. The number of carbonyl (C=O) groups is 3. The Morgan fingerprint density at radius 1 is 0.639 bits per heavy atom. The third kappa shape index (κ3) is 3.35. The fourth-order valence-corrected chi connectivity index (χ4v) is 4.84. The number of methoxy groups -OCH3 is 4. The number of hydrogen-bond acceptors (Lipinski definition) is 7. The van der Waals surface area contributed by atoms with Crippen molar-refractivity contribution >= 4 is 23.4 Å². The molecule has 9 nitrogen and oxygen atoms in total. The van der Waals surface area contributed by atoms with Crippen molar-refractivity contribution in [2.75, 3.05) is 33.3 Å². The second kappa shape index (κ2) is 8.92. The Morgan fingerprint density at radius 3 is 1.78 bits per heavy atom. The third-order valence-corrected chi connectivity index (χ3v) is 6.53. The van der Waals surface area contributed by atoms with Crippen molar-refractivity contribution < 1.29 is 33.3 Å². The lowest BCUT2D eigenvalue weighted by Gasteiger charge is -2.49. The predicted octanol–water partition coefficient (Wildman–Crippen LogP) is 3.47. The molecule has 0 bridgehead atoms. The highest BCUT2D eigenvalue weighted by Gasteiger charge is 2.57. The molecule has 2 heterocycles. The Hall–Kier alpha value is -4.53. The summed E-state index contributed by atoms with van der Waals surface area (Å²) in [5.41, 5.74) is 1.72. The van der Waals surface area contributed by atoms with Crippen LogP contribution in [0.3, 0.4) is 0 Å². The van der Waals surface area contributed by atoms with Gasteiger partial charge in [0.15, 0.2) is 11.5 Å². The molecule has 0 saturated carbocycles. The SMILES string of the molecule is COc1cccc(N2C(=O)[C@H](N3C(=O)c4ccccc4C3=O)[C@@H]2c2cc(OC)c(OC)c(OC)c2)c1. The Balaban J connectivity index is 1.65. The fraction of sp³-hybridized carbons (Fsp3) is 0.222. The standard InChI is InChI=1S/C27H24N2O7/c1-33-17-9-7-8-16(14-17)28-22(15-12-20(34-2)24(36-4)21(13-15)35-3)23(27(28)32)29-25(30)18-10-5-6-11-19(18)26(29)31/h5-14,22-23H,1-4H3/t22-,23+/m0/s1. The summed E-state index contributed by atoms with van der Waals surface area (Å²) in [4.78, 5) is 42.8. The van der Waals surface area contributed by atoms with E-state index in [1.807, 2.05) is 0 Å². The van der Waals surface area contributed by atoms with E-state index in [4.69, 9.17) is 18.9 Å². The zero-order valence-electron chi connectivity index (χ0n) is 20.2. The highest BCUT2D eigenvalue weighted by Crippen LogP contribution is 2.48. The van der Waals surface area contributed by atoms with Gasteiger partial charge in [0.25, 0.3) is 17.7 Å². The van der Waals surface area contributed by atoms with Crippen LogP contribution in [-0.4, -0.2) is 57.1 Å². The molecule has 0 spiro atoms. The molecule has 0 aliphatic carbocycles. The van der Waals surface area contributed by atoms with Gasteiger partial charge in [-0.25, -0.2) is 0 Å². The highest BCUT2D eigenvalue weighted by atomic mass is 16.5. The molecule has 3 amide bonds. The fourth-order valence-electron chi connectivity index (χ4n) is 4.84. The molecule has 3 aromatic rings. The van der Waals surface area contributed by atoms with Gasteiger partial charge in [-0.1, -0.05) is 18.2 Å². The minimum absolute atomic E-state index is 0.277. The first-order valence-corrected chi connectivity index (χ1v) is 11.2. The second-order valence-electron chi connectivity index (χ2n) is 8.28. The van der Waals surface area contributed by atoms with Crippen LogP contribution in [0.2, 0.25) is 0 Å². The van der Waals surface area contributed by atoms with Crippen LogP contribution in [0.25, 0.3) is 0 Å². The summed E-state index contributed by atoms with van der Waals surface area (Å²) in [6, 6.07) is 15.3. The average molecular weight is 488 g/mol. The van der Waals surface area contributed by atoms with Crippen molar-refractivity contribution in [3.8, 4) is 23.0 Å². The molecule has 0 N–H and O–H groups in total. The van der Waals surface area contributed by atoms with Gasteiger partial charge in [0.2, 0.25) is 5.75 Å². The minimum atomic E-state index is -1.06. The maximum absolute atomic E-state index is 13.7. The lowest BCUT2D eigenvalue weighted by Crippen LogP contribution is -2.67. The molecular formula is C27H24N2O7. The molecule has 2 aliphatic heterocycles. The van der Waals surface area contributed by atoms with Crippen LogP contribution in [0, 0.1) is 0 Å². The van der Waals surface area contributed by atoms with Crippen molar-refractivity contribution in [3.63, 3.8) is 0 Å². The van der Waals surface area contributed by atoms with Crippen LogP contribution in [0.1, 0.15) is 32.3 Å². The Labute approximate surface area is 207 Å². The minimum Gasteiger partial charge on any atom is -0.497 e. The number of carbonyl (C=O) groups excluding carboxylic acids is 3. The number of anilines is 1. The number of fused-ring (bicyclic) bond motifs is 1. The van der Waals surface area contributed by atoms with E-state index in [9.17, 15) is 14.4 Å². The van der Waals surface area contributed by atoms with E-state index in [1.165, 1.54) is 33.3 Å². The van der Waals surface area contributed by atoms with E-state index in [1.54, 1.807) is 60.7 Å². The first kappa shape index (κ1) is 23.2. The molecule has 2 atom stereocenters. The van der Waals surface area contributed by atoms with Gasteiger partial charge < -0.3 is 23.8 Å². The number of benzene rings is 3.